The van der Waals surface area contributed by atoms with Crippen LogP contribution in [0.2, 0.25) is 0 Å². The minimum atomic E-state index is -4.44. The normalized spacial score (nSPS) is 17.8. The Kier molecular flexibility index (Phi) is 7.16. The molecule has 0 aromatic heterocycles. The second-order valence-electron chi connectivity index (χ2n) is 7.82. The van der Waals surface area contributed by atoms with Gasteiger partial charge in [0.25, 0.3) is 5.91 Å². The van der Waals surface area contributed by atoms with Gasteiger partial charge >= 0.3 is 6.18 Å². The molecule has 0 unspecified atom stereocenters. The van der Waals surface area contributed by atoms with Crippen LogP contribution in [0.15, 0.2) is 24.3 Å². The van der Waals surface area contributed by atoms with Crippen molar-refractivity contribution in [3.05, 3.63) is 35.4 Å². The molecule has 2 aliphatic carbocycles. The number of ether oxygens (including phenoxy) is 1. The van der Waals surface area contributed by atoms with Crippen LogP contribution in [-0.4, -0.2) is 48.2 Å². The number of carbonyl (C=O) groups is 2. The summed E-state index contributed by atoms with van der Waals surface area (Å²) in [5.41, 5.74) is 0.984. The molecule has 0 radical (unpaired) electrons. The number of benzene rings is 1. The average Bonchev–Trinajstić information content (AvgIpc) is 3.54. The van der Waals surface area contributed by atoms with Crippen molar-refractivity contribution in [2.45, 2.75) is 69.8 Å². The number of rotatable bonds is 8. The van der Waals surface area contributed by atoms with Crippen LogP contribution in [-0.2, 0) is 16.1 Å². The lowest BCUT2D eigenvalue weighted by molar-refractivity contribution is -0.140. The summed E-state index contributed by atoms with van der Waals surface area (Å²) in [6.07, 6.45) is 3.20. The van der Waals surface area contributed by atoms with Crippen LogP contribution in [0.3, 0.4) is 0 Å². The Morgan fingerprint density at radius 3 is 2.28 bits per heavy atom. The number of hydrogen-bond acceptors (Lipinski definition) is 3. The van der Waals surface area contributed by atoms with Crippen molar-refractivity contribution in [1.29, 1.82) is 0 Å². The van der Waals surface area contributed by atoms with Crippen molar-refractivity contribution in [2.75, 3.05) is 13.2 Å². The molecule has 1 aromatic rings. The number of carbonyl (C=O) groups excluding carboxylic acids is 2. The van der Waals surface area contributed by atoms with Gasteiger partial charge in [-0.05, 0) is 43.4 Å². The van der Waals surface area contributed by atoms with Crippen LogP contribution in [0.1, 0.15) is 60.9 Å². The predicted octanol–water partition coefficient (Wildman–Crippen LogP) is 3.82. The van der Waals surface area contributed by atoms with Crippen LogP contribution < -0.4 is 5.32 Å². The van der Waals surface area contributed by atoms with Crippen molar-refractivity contribution in [3.63, 3.8) is 0 Å². The van der Waals surface area contributed by atoms with Gasteiger partial charge < -0.3 is 15.0 Å². The van der Waals surface area contributed by atoms with Crippen LogP contribution in [0, 0.1) is 0 Å². The second-order valence-corrected chi connectivity index (χ2v) is 7.82. The van der Waals surface area contributed by atoms with E-state index in [2.05, 4.69) is 0 Å². The summed E-state index contributed by atoms with van der Waals surface area (Å²) in [5.74, 6) is -0.810. The maximum absolute atomic E-state index is 12.7. The van der Waals surface area contributed by atoms with E-state index in [9.17, 15) is 22.8 Å². The van der Waals surface area contributed by atoms with E-state index in [-0.39, 0.29) is 30.2 Å². The first-order valence-electron chi connectivity index (χ1n) is 10.2. The minimum Gasteiger partial charge on any atom is -0.368 e. The lowest BCUT2D eigenvalue weighted by atomic mass is 9.98. The molecular formula is C21H27F3N2O3. The summed E-state index contributed by atoms with van der Waals surface area (Å²) in [6.45, 7) is -0.875. The Balaban J connectivity index is 1.52. The van der Waals surface area contributed by atoms with Gasteiger partial charge in [0.15, 0.2) is 0 Å². The summed E-state index contributed by atoms with van der Waals surface area (Å²) in [6, 6.07) is 6.53. The molecule has 2 fully saturated rings. The highest BCUT2D eigenvalue weighted by atomic mass is 19.4. The number of halogens is 3. The molecule has 0 spiro atoms. The predicted molar refractivity (Wildman–Crippen MR) is 101 cm³/mol. The van der Waals surface area contributed by atoms with E-state index in [4.69, 9.17) is 4.74 Å². The lowest BCUT2D eigenvalue weighted by Crippen LogP contribution is -2.36. The van der Waals surface area contributed by atoms with Gasteiger partial charge in [-0.15, -0.1) is 0 Å². The zero-order valence-corrected chi connectivity index (χ0v) is 16.3. The molecule has 0 saturated heterocycles. The summed E-state index contributed by atoms with van der Waals surface area (Å²) in [7, 11) is 0. The van der Waals surface area contributed by atoms with Gasteiger partial charge in [0.2, 0.25) is 5.91 Å². The van der Waals surface area contributed by atoms with E-state index in [1.807, 2.05) is 10.2 Å². The Bertz CT molecular complexity index is 696. The molecule has 5 nitrogen and oxygen atoms in total. The van der Waals surface area contributed by atoms with Crippen LogP contribution in [0.4, 0.5) is 13.2 Å². The summed E-state index contributed by atoms with van der Waals surface area (Å²) >= 11 is 0. The first kappa shape index (κ1) is 21.6. The zero-order chi connectivity index (χ0) is 20.9. The molecular weight excluding hydrogens is 385 g/mol. The molecule has 0 aliphatic heterocycles. The molecule has 8 heteroatoms. The van der Waals surface area contributed by atoms with E-state index in [1.165, 1.54) is 18.6 Å². The van der Waals surface area contributed by atoms with Gasteiger partial charge in [-0.2, -0.15) is 13.2 Å². The van der Waals surface area contributed by atoms with Crippen LogP contribution in [0.25, 0.3) is 0 Å². The number of nitrogens with zero attached hydrogens (tertiary/aromatic N) is 1. The fourth-order valence-electron chi connectivity index (χ4n) is 3.55. The van der Waals surface area contributed by atoms with Crippen molar-refractivity contribution in [2.24, 2.45) is 0 Å². The molecule has 1 aromatic carbocycles. The highest BCUT2D eigenvalue weighted by Gasteiger charge is 2.33. The Hall–Kier alpha value is -2.09. The molecule has 2 saturated carbocycles. The van der Waals surface area contributed by atoms with Gasteiger partial charge in [0, 0.05) is 18.2 Å². The monoisotopic (exact) mass is 412 g/mol. The topological polar surface area (TPSA) is 58.6 Å². The number of hydrogen-bond donors (Lipinski definition) is 1. The molecule has 2 aliphatic rings. The Labute approximate surface area is 168 Å². The molecule has 160 valence electrons. The molecule has 2 amide bonds. The van der Waals surface area contributed by atoms with Crippen LogP contribution in [0.5, 0.6) is 0 Å². The Morgan fingerprint density at radius 1 is 1.03 bits per heavy atom. The summed E-state index contributed by atoms with van der Waals surface area (Å²) in [4.78, 5) is 26.3. The van der Waals surface area contributed by atoms with Gasteiger partial charge in [-0.3, -0.25) is 9.59 Å². The second kappa shape index (κ2) is 9.61. The van der Waals surface area contributed by atoms with E-state index in [0.29, 0.717) is 6.54 Å². The van der Waals surface area contributed by atoms with E-state index in [1.54, 1.807) is 12.1 Å². The Morgan fingerprint density at radius 2 is 1.69 bits per heavy atom. The fraction of sp³-hybridized carbons (Fsp3) is 0.619. The smallest absolute Gasteiger partial charge is 0.368 e. The number of amides is 2. The van der Waals surface area contributed by atoms with Crippen molar-refractivity contribution in [1.82, 2.24) is 10.2 Å². The zero-order valence-electron chi connectivity index (χ0n) is 16.3. The standard InChI is InChI=1S/C21H27F3N2O3/c22-21(23,24)14-25-20(28)16-8-6-15(7-9-16)12-26(17-10-11-17)19(27)13-29-18-4-2-1-3-5-18/h6-9,17-18H,1-5,10-14H2,(H,25,28). The lowest BCUT2D eigenvalue weighted by Gasteiger charge is -2.26. The molecule has 0 atom stereocenters. The van der Waals surface area contributed by atoms with Crippen molar-refractivity contribution >= 4 is 11.8 Å². The molecule has 0 heterocycles. The highest BCUT2D eigenvalue weighted by Crippen LogP contribution is 2.29. The van der Waals surface area contributed by atoms with Gasteiger partial charge in [-0.1, -0.05) is 31.4 Å². The van der Waals surface area contributed by atoms with Gasteiger partial charge in [0.05, 0.1) is 6.10 Å². The van der Waals surface area contributed by atoms with E-state index >= 15 is 0 Å². The van der Waals surface area contributed by atoms with Crippen LogP contribution >= 0.6 is 0 Å². The number of nitrogens with one attached hydrogen (secondary N) is 1. The van der Waals surface area contributed by atoms with Crippen molar-refractivity contribution < 1.29 is 27.5 Å². The van der Waals surface area contributed by atoms with E-state index < -0.39 is 18.6 Å². The first-order chi connectivity index (χ1) is 13.8. The van der Waals surface area contributed by atoms with Gasteiger partial charge in [-0.25, -0.2) is 0 Å². The first-order valence-corrected chi connectivity index (χ1v) is 10.2. The minimum absolute atomic E-state index is 0.0370. The maximum atomic E-state index is 12.7. The highest BCUT2D eigenvalue weighted by molar-refractivity contribution is 5.94. The average molecular weight is 412 g/mol. The third-order valence-electron chi connectivity index (χ3n) is 5.32. The maximum Gasteiger partial charge on any atom is 0.405 e. The molecule has 3 rings (SSSR count). The van der Waals surface area contributed by atoms with Crippen molar-refractivity contribution in [3.8, 4) is 0 Å². The molecule has 0 bridgehead atoms. The number of alkyl halides is 3. The summed E-state index contributed by atoms with van der Waals surface area (Å²) in [5, 5.41) is 1.85. The quantitative estimate of drug-likeness (QED) is 0.706. The third-order valence-corrected chi connectivity index (χ3v) is 5.32. The third kappa shape index (κ3) is 7.03. The van der Waals surface area contributed by atoms with Gasteiger partial charge in [0.1, 0.15) is 13.2 Å². The van der Waals surface area contributed by atoms with E-state index in [0.717, 1.165) is 44.1 Å². The SMILES string of the molecule is O=C(NCC(F)(F)F)c1ccc(CN(C(=O)COC2CCCCC2)C2CC2)cc1. The fourth-order valence-corrected chi connectivity index (χ4v) is 3.55. The summed E-state index contributed by atoms with van der Waals surface area (Å²) < 4.78 is 42.5. The molecule has 1 N–H and O–H groups in total. The largest absolute Gasteiger partial charge is 0.405 e. The molecule has 29 heavy (non-hydrogen) atoms.